The molecule has 0 amide bonds. The fourth-order valence-electron chi connectivity index (χ4n) is 2.59. The molecule has 7 nitrogen and oxygen atoms in total. The van der Waals surface area contributed by atoms with Gasteiger partial charge in [-0.15, -0.1) is 0 Å². The van der Waals surface area contributed by atoms with E-state index in [0.717, 1.165) is 0 Å². The number of anilines is 1. The van der Waals surface area contributed by atoms with E-state index in [-0.39, 0.29) is 23.2 Å². The molecule has 0 fully saturated rings. The largest absolute Gasteiger partial charge is 0.561 e. The van der Waals surface area contributed by atoms with Crippen molar-refractivity contribution < 1.29 is 32.4 Å². The number of alkyl halides is 3. The topological polar surface area (TPSA) is 108 Å². The van der Waals surface area contributed by atoms with E-state index in [1.807, 2.05) is 0 Å². The number of nitrogens with two attached hydrogens (primary N) is 1. The second-order valence-electron chi connectivity index (χ2n) is 5.78. The van der Waals surface area contributed by atoms with E-state index in [0.29, 0.717) is 22.2 Å². The molecule has 3 aromatic rings. The summed E-state index contributed by atoms with van der Waals surface area (Å²) in [5, 5.41) is 18.2. The molecule has 0 spiro atoms. The summed E-state index contributed by atoms with van der Waals surface area (Å²) in [6, 6.07) is 8.75. The molecule has 0 saturated carbocycles. The van der Waals surface area contributed by atoms with Crippen LogP contribution < -0.4 is 15.9 Å². The van der Waals surface area contributed by atoms with Crippen LogP contribution in [0.15, 0.2) is 42.6 Å². The lowest BCUT2D eigenvalue weighted by atomic mass is 9.78. The third-order valence-electron chi connectivity index (χ3n) is 3.85. The predicted octanol–water partition coefficient (Wildman–Crippen LogP) is 1.68. The number of carbonyl (C=O) groups is 1. The highest BCUT2D eigenvalue weighted by molar-refractivity contribution is 6.61. The molecule has 0 atom stereocenters. The molecule has 1 heterocycles. The number of rotatable bonds is 6. The molecular formula is C17H13BF3N3O4. The SMILES string of the molecule is Nc1cnnc2cc(-c3cc(B(O)OC=O)ccc3OCC(F)(F)F)ccc12. The third-order valence-corrected chi connectivity index (χ3v) is 3.85. The van der Waals surface area contributed by atoms with Gasteiger partial charge in [0.05, 0.1) is 17.4 Å². The van der Waals surface area contributed by atoms with Crippen molar-refractivity contribution in [3.63, 3.8) is 0 Å². The summed E-state index contributed by atoms with van der Waals surface area (Å²) in [4.78, 5) is 10.4. The monoisotopic (exact) mass is 391 g/mol. The van der Waals surface area contributed by atoms with Gasteiger partial charge in [-0.1, -0.05) is 12.1 Å². The van der Waals surface area contributed by atoms with Crippen LogP contribution in [0.2, 0.25) is 0 Å². The summed E-state index contributed by atoms with van der Waals surface area (Å²) in [5.74, 6) is -0.0735. The van der Waals surface area contributed by atoms with Gasteiger partial charge in [0.2, 0.25) is 0 Å². The minimum Gasteiger partial charge on any atom is -0.508 e. The number of carbonyl (C=O) groups excluding carboxylic acids is 1. The number of nitrogens with zero attached hydrogens (tertiary/aromatic N) is 2. The van der Waals surface area contributed by atoms with Crippen LogP contribution in [0.4, 0.5) is 18.9 Å². The maximum Gasteiger partial charge on any atom is 0.561 e. The molecule has 3 rings (SSSR count). The Kier molecular flexibility index (Phi) is 5.36. The molecule has 144 valence electrons. The number of benzene rings is 2. The summed E-state index contributed by atoms with van der Waals surface area (Å²) < 4.78 is 47.1. The van der Waals surface area contributed by atoms with E-state index in [1.54, 1.807) is 18.2 Å². The average molecular weight is 391 g/mol. The van der Waals surface area contributed by atoms with Crippen LogP contribution in [-0.2, 0) is 9.45 Å². The Hall–Kier alpha value is -3.34. The highest BCUT2D eigenvalue weighted by atomic mass is 19.4. The molecule has 1 aromatic heterocycles. The van der Waals surface area contributed by atoms with Gasteiger partial charge in [-0.25, -0.2) is 0 Å². The molecule has 0 aliphatic carbocycles. The molecule has 0 bridgehead atoms. The summed E-state index contributed by atoms with van der Waals surface area (Å²) in [6.07, 6.45) is -3.15. The number of nitrogen functional groups attached to an aromatic ring is 1. The summed E-state index contributed by atoms with van der Waals surface area (Å²) in [5.41, 5.74) is 7.49. The fraction of sp³-hybridized carbons (Fsp3) is 0.118. The molecule has 0 saturated heterocycles. The van der Waals surface area contributed by atoms with Gasteiger partial charge in [-0.2, -0.15) is 23.4 Å². The van der Waals surface area contributed by atoms with E-state index in [9.17, 15) is 23.0 Å². The van der Waals surface area contributed by atoms with E-state index in [4.69, 9.17) is 10.5 Å². The molecule has 0 aliphatic heterocycles. The first-order valence-corrected chi connectivity index (χ1v) is 7.90. The van der Waals surface area contributed by atoms with Gasteiger partial charge in [0.1, 0.15) is 5.75 Å². The maximum atomic E-state index is 12.6. The quantitative estimate of drug-likeness (QED) is 0.486. The summed E-state index contributed by atoms with van der Waals surface area (Å²) in [7, 11) is -1.58. The van der Waals surface area contributed by atoms with Gasteiger partial charge in [0.25, 0.3) is 6.47 Å². The van der Waals surface area contributed by atoms with Gasteiger partial charge in [0, 0.05) is 10.9 Å². The number of aromatic nitrogens is 2. The summed E-state index contributed by atoms with van der Waals surface area (Å²) in [6.45, 7) is -1.43. The van der Waals surface area contributed by atoms with Gasteiger partial charge in [-0.05, 0) is 35.3 Å². The number of hydrogen-bond donors (Lipinski definition) is 2. The lowest BCUT2D eigenvalue weighted by Crippen LogP contribution is -2.33. The zero-order valence-electron chi connectivity index (χ0n) is 14.2. The van der Waals surface area contributed by atoms with E-state index in [2.05, 4.69) is 14.9 Å². The van der Waals surface area contributed by atoms with Gasteiger partial charge in [0.15, 0.2) is 6.61 Å². The Balaban J connectivity index is 2.09. The van der Waals surface area contributed by atoms with Crippen LogP contribution in [0.25, 0.3) is 22.0 Å². The van der Waals surface area contributed by atoms with Crippen molar-refractivity contribution in [2.45, 2.75) is 6.18 Å². The molecule has 3 N–H and O–H groups in total. The van der Waals surface area contributed by atoms with Crippen molar-refractivity contribution in [3.8, 4) is 16.9 Å². The number of hydrogen-bond acceptors (Lipinski definition) is 7. The second kappa shape index (κ2) is 7.73. The first-order chi connectivity index (χ1) is 13.3. The minimum atomic E-state index is -4.53. The molecule has 0 unspecified atom stereocenters. The molecule has 0 aliphatic rings. The summed E-state index contributed by atoms with van der Waals surface area (Å²) >= 11 is 0. The molecule has 2 aromatic carbocycles. The Morgan fingerprint density at radius 2 is 2.00 bits per heavy atom. The van der Waals surface area contributed by atoms with Crippen molar-refractivity contribution >= 4 is 35.6 Å². The zero-order valence-corrected chi connectivity index (χ0v) is 14.2. The lowest BCUT2D eigenvalue weighted by Gasteiger charge is -2.15. The number of fused-ring (bicyclic) bond motifs is 1. The number of ether oxygens (including phenoxy) is 1. The van der Waals surface area contributed by atoms with Crippen LogP contribution in [-0.4, -0.2) is 41.6 Å². The number of halogens is 3. The maximum absolute atomic E-state index is 12.6. The second-order valence-corrected chi connectivity index (χ2v) is 5.78. The van der Waals surface area contributed by atoms with Crippen LogP contribution in [0, 0.1) is 0 Å². The highest BCUT2D eigenvalue weighted by Crippen LogP contribution is 2.33. The van der Waals surface area contributed by atoms with Crippen LogP contribution in [0.1, 0.15) is 0 Å². The fourth-order valence-corrected chi connectivity index (χ4v) is 2.59. The highest BCUT2D eigenvalue weighted by Gasteiger charge is 2.29. The smallest absolute Gasteiger partial charge is 0.508 e. The molecule has 28 heavy (non-hydrogen) atoms. The molecule has 11 heteroatoms. The van der Waals surface area contributed by atoms with E-state index in [1.165, 1.54) is 24.4 Å². The predicted molar refractivity (Wildman–Crippen MR) is 95.7 cm³/mol. The van der Waals surface area contributed by atoms with Crippen LogP contribution in [0.3, 0.4) is 0 Å². The lowest BCUT2D eigenvalue weighted by molar-refractivity contribution is -0.153. The van der Waals surface area contributed by atoms with Crippen molar-refractivity contribution in [2.24, 2.45) is 0 Å². The molecule has 0 radical (unpaired) electrons. The van der Waals surface area contributed by atoms with Crippen molar-refractivity contribution in [1.29, 1.82) is 0 Å². The Bertz CT molecular complexity index is 1020. The van der Waals surface area contributed by atoms with Gasteiger partial charge in [-0.3, -0.25) is 4.79 Å². The van der Waals surface area contributed by atoms with Gasteiger partial charge >= 0.3 is 13.3 Å². The Labute approximate surface area is 157 Å². The normalized spacial score (nSPS) is 11.3. The van der Waals surface area contributed by atoms with E-state index < -0.39 is 19.9 Å². The molecular weight excluding hydrogens is 378 g/mol. The third kappa shape index (κ3) is 4.31. The first kappa shape index (κ1) is 19.4. The average Bonchev–Trinajstić information content (AvgIpc) is 2.66. The first-order valence-electron chi connectivity index (χ1n) is 7.90. The van der Waals surface area contributed by atoms with E-state index >= 15 is 0 Å². The Morgan fingerprint density at radius 3 is 2.71 bits per heavy atom. The van der Waals surface area contributed by atoms with Crippen molar-refractivity contribution in [3.05, 3.63) is 42.6 Å². The zero-order chi connectivity index (χ0) is 20.3. The van der Waals surface area contributed by atoms with Crippen LogP contribution in [0.5, 0.6) is 5.75 Å². The van der Waals surface area contributed by atoms with Crippen molar-refractivity contribution in [2.75, 3.05) is 12.3 Å². The van der Waals surface area contributed by atoms with Gasteiger partial charge < -0.3 is 20.1 Å². The van der Waals surface area contributed by atoms with Crippen molar-refractivity contribution in [1.82, 2.24) is 10.2 Å². The minimum absolute atomic E-state index is 0.0623. The van der Waals surface area contributed by atoms with Crippen LogP contribution >= 0.6 is 0 Å². The standard InChI is InChI=1S/C17H13BF3N3O4/c19-17(20,21)8-27-16-4-2-11(18(26)28-9-25)6-13(16)10-1-3-12-14(22)7-23-24-15(12)5-10/h1-7,9,26H,8H2,(H2,22,24). The Morgan fingerprint density at radius 1 is 1.21 bits per heavy atom.